The van der Waals surface area contributed by atoms with E-state index < -0.39 is 0 Å². The van der Waals surface area contributed by atoms with Gasteiger partial charge >= 0.3 is 0 Å². The number of piperidine rings is 1. The number of hydrogen-bond donors (Lipinski definition) is 1. The third-order valence-electron chi connectivity index (χ3n) is 4.55. The highest BCUT2D eigenvalue weighted by molar-refractivity contribution is 6.04. The minimum atomic E-state index is -0.107. The van der Waals surface area contributed by atoms with Gasteiger partial charge in [0.1, 0.15) is 5.75 Å². The summed E-state index contributed by atoms with van der Waals surface area (Å²) in [5.41, 5.74) is 2.73. The summed E-state index contributed by atoms with van der Waals surface area (Å²) in [6.45, 7) is 7.33. The van der Waals surface area contributed by atoms with Gasteiger partial charge in [-0.15, -0.1) is 0 Å². The molecule has 2 aromatic carbocycles. The van der Waals surface area contributed by atoms with Crippen molar-refractivity contribution in [2.24, 2.45) is 0 Å². The van der Waals surface area contributed by atoms with Crippen LogP contribution in [0.15, 0.2) is 48.5 Å². The maximum Gasteiger partial charge on any atom is 0.255 e. The Hall–Kier alpha value is -2.33. The molecule has 4 nitrogen and oxygen atoms in total. The number of carbonyl (C=O) groups is 1. The lowest BCUT2D eigenvalue weighted by molar-refractivity contribution is 0.102. The summed E-state index contributed by atoms with van der Waals surface area (Å²) >= 11 is 0. The smallest absolute Gasteiger partial charge is 0.255 e. The topological polar surface area (TPSA) is 41.6 Å². The lowest BCUT2D eigenvalue weighted by atomic mass is 10.1. The zero-order valence-corrected chi connectivity index (χ0v) is 15.7. The predicted molar refractivity (Wildman–Crippen MR) is 106 cm³/mol. The first kappa shape index (κ1) is 18.5. The standard InChI is InChI=1S/C22H28N2O2/c1-17(2)26-21-12-8-19(9-13-21)22(25)23-20-10-6-18(7-11-20)16-24-14-4-3-5-15-24/h6-13,17H,3-5,14-16H2,1-2H3,(H,23,25). The second-order valence-corrected chi connectivity index (χ2v) is 7.18. The van der Waals surface area contributed by atoms with Gasteiger partial charge in [0, 0.05) is 17.8 Å². The Balaban J connectivity index is 1.55. The molecular weight excluding hydrogens is 324 g/mol. The number of amides is 1. The van der Waals surface area contributed by atoms with E-state index in [0.29, 0.717) is 5.56 Å². The van der Waals surface area contributed by atoms with E-state index in [2.05, 4.69) is 22.3 Å². The second-order valence-electron chi connectivity index (χ2n) is 7.18. The largest absolute Gasteiger partial charge is 0.491 e. The molecule has 3 rings (SSSR count). The van der Waals surface area contributed by atoms with E-state index in [-0.39, 0.29) is 12.0 Å². The first-order valence-electron chi connectivity index (χ1n) is 9.49. The molecule has 1 aliphatic heterocycles. The number of benzene rings is 2. The Morgan fingerprint density at radius 1 is 1.00 bits per heavy atom. The van der Waals surface area contributed by atoms with Gasteiger partial charge in [0.2, 0.25) is 0 Å². The van der Waals surface area contributed by atoms with Crippen molar-refractivity contribution in [1.29, 1.82) is 0 Å². The van der Waals surface area contributed by atoms with Crippen molar-refractivity contribution in [2.75, 3.05) is 18.4 Å². The lowest BCUT2D eigenvalue weighted by Gasteiger charge is -2.26. The second kappa shape index (κ2) is 8.86. The molecule has 0 bridgehead atoms. The molecule has 1 amide bonds. The summed E-state index contributed by atoms with van der Waals surface area (Å²) in [5.74, 6) is 0.670. The fourth-order valence-corrected chi connectivity index (χ4v) is 3.23. The zero-order valence-electron chi connectivity index (χ0n) is 15.7. The zero-order chi connectivity index (χ0) is 18.4. The lowest BCUT2D eigenvalue weighted by Crippen LogP contribution is -2.29. The van der Waals surface area contributed by atoms with Crippen LogP contribution >= 0.6 is 0 Å². The maximum atomic E-state index is 12.4. The third kappa shape index (κ3) is 5.33. The molecule has 0 atom stereocenters. The number of anilines is 1. The first-order valence-corrected chi connectivity index (χ1v) is 9.49. The molecule has 0 aliphatic carbocycles. The summed E-state index contributed by atoms with van der Waals surface area (Å²) in [5, 5.41) is 2.96. The van der Waals surface area contributed by atoms with Gasteiger partial charge in [0.25, 0.3) is 5.91 Å². The minimum Gasteiger partial charge on any atom is -0.491 e. The van der Waals surface area contributed by atoms with Crippen molar-refractivity contribution in [3.05, 3.63) is 59.7 Å². The molecule has 0 radical (unpaired) electrons. The van der Waals surface area contributed by atoms with Gasteiger partial charge in [-0.3, -0.25) is 9.69 Å². The van der Waals surface area contributed by atoms with Crippen molar-refractivity contribution in [1.82, 2.24) is 4.90 Å². The average molecular weight is 352 g/mol. The van der Waals surface area contributed by atoms with E-state index in [1.165, 1.54) is 37.9 Å². The predicted octanol–water partition coefficient (Wildman–Crippen LogP) is 4.71. The Bertz CT molecular complexity index is 702. The molecule has 26 heavy (non-hydrogen) atoms. The van der Waals surface area contributed by atoms with Gasteiger partial charge in [-0.25, -0.2) is 0 Å². The van der Waals surface area contributed by atoms with Gasteiger partial charge < -0.3 is 10.1 Å². The molecule has 1 N–H and O–H groups in total. The molecule has 4 heteroatoms. The molecule has 1 saturated heterocycles. The number of nitrogens with zero attached hydrogens (tertiary/aromatic N) is 1. The van der Waals surface area contributed by atoms with E-state index in [1.54, 1.807) is 12.1 Å². The number of hydrogen-bond acceptors (Lipinski definition) is 3. The van der Waals surface area contributed by atoms with Gasteiger partial charge in [0.15, 0.2) is 0 Å². The third-order valence-corrected chi connectivity index (χ3v) is 4.55. The van der Waals surface area contributed by atoms with Crippen LogP contribution in [0, 0.1) is 0 Å². The number of rotatable bonds is 6. The SMILES string of the molecule is CC(C)Oc1ccc(C(=O)Nc2ccc(CN3CCCCC3)cc2)cc1. The highest BCUT2D eigenvalue weighted by atomic mass is 16.5. The molecule has 0 spiro atoms. The van der Waals surface area contributed by atoms with Crippen LogP contribution in [-0.4, -0.2) is 30.0 Å². The van der Waals surface area contributed by atoms with Crippen molar-refractivity contribution >= 4 is 11.6 Å². The van der Waals surface area contributed by atoms with E-state index in [1.807, 2.05) is 38.1 Å². The monoisotopic (exact) mass is 352 g/mol. The Labute approximate surface area is 156 Å². The van der Waals surface area contributed by atoms with E-state index >= 15 is 0 Å². The molecule has 1 fully saturated rings. The van der Waals surface area contributed by atoms with Gasteiger partial charge in [0.05, 0.1) is 6.10 Å². The van der Waals surface area contributed by atoms with Crippen LogP contribution in [-0.2, 0) is 6.54 Å². The van der Waals surface area contributed by atoms with E-state index in [0.717, 1.165) is 18.0 Å². The fraction of sp³-hybridized carbons (Fsp3) is 0.409. The van der Waals surface area contributed by atoms with Crippen LogP contribution in [0.4, 0.5) is 5.69 Å². The molecule has 0 aromatic heterocycles. The van der Waals surface area contributed by atoms with Gasteiger partial charge in [-0.1, -0.05) is 18.6 Å². The van der Waals surface area contributed by atoms with Crippen molar-refractivity contribution in [2.45, 2.75) is 45.8 Å². The summed E-state index contributed by atoms with van der Waals surface area (Å²) < 4.78 is 5.61. The summed E-state index contributed by atoms with van der Waals surface area (Å²) in [7, 11) is 0. The highest BCUT2D eigenvalue weighted by Gasteiger charge is 2.11. The molecule has 1 heterocycles. The Kier molecular flexibility index (Phi) is 6.29. The minimum absolute atomic E-state index is 0.107. The number of carbonyl (C=O) groups excluding carboxylic acids is 1. The van der Waals surface area contributed by atoms with Crippen LogP contribution in [0.25, 0.3) is 0 Å². The van der Waals surface area contributed by atoms with Crippen molar-refractivity contribution in [3.8, 4) is 5.75 Å². The van der Waals surface area contributed by atoms with Crippen molar-refractivity contribution in [3.63, 3.8) is 0 Å². The van der Waals surface area contributed by atoms with Crippen LogP contribution in [0.3, 0.4) is 0 Å². The number of likely N-dealkylation sites (tertiary alicyclic amines) is 1. The number of nitrogens with one attached hydrogen (secondary N) is 1. The Morgan fingerprint density at radius 2 is 1.65 bits per heavy atom. The van der Waals surface area contributed by atoms with E-state index in [9.17, 15) is 4.79 Å². The van der Waals surface area contributed by atoms with Crippen LogP contribution < -0.4 is 10.1 Å². The molecular formula is C22H28N2O2. The fourth-order valence-electron chi connectivity index (χ4n) is 3.23. The van der Waals surface area contributed by atoms with Crippen LogP contribution in [0.5, 0.6) is 5.75 Å². The molecule has 138 valence electrons. The number of ether oxygens (including phenoxy) is 1. The molecule has 1 aliphatic rings. The molecule has 2 aromatic rings. The maximum absolute atomic E-state index is 12.4. The van der Waals surface area contributed by atoms with Crippen molar-refractivity contribution < 1.29 is 9.53 Å². The van der Waals surface area contributed by atoms with Crippen LogP contribution in [0.2, 0.25) is 0 Å². The molecule has 0 saturated carbocycles. The average Bonchev–Trinajstić information content (AvgIpc) is 2.64. The van der Waals surface area contributed by atoms with Gasteiger partial charge in [-0.05, 0) is 81.7 Å². The summed E-state index contributed by atoms with van der Waals surface area (Å²) in [4.78, 5) is 14.9. The van der Waals surface area contributed by atoms with Gasteiger partial charge in [-0.2, -0.15) is 0 Å². The molecule has 0 unspecified atom stereocenters. The van der Waals surface area contributed by atoms with E-state index in [4.69, 9.17) is 4.74 Å². The van der Waals surface area contributed by atoms with Crippen LogP contribution in [0.1, 0.15) is 49.0 Å². The summed E-state index contributed by atoms with van der Waals surface area (Å²) in [6, 6.07) is 15.4. The quantitative estimate of drug-likeness (QED) is 0.818. The Morgan fingerprint density at radius 3 is 2.27 bits per heavy atom. The summed E-state index contributed by atoms with van der Waals surface area (Å²) in [6.07, 6.45) is 4.08. The highest BCUT2D eigenvalue weighted by Crippen LogP contribution is 2.17. The normalized spacial score (nSPS) is 15.0. The first-order chi connectivity index (χ1) is 12.6.